The number of hydrogen-bond acceptors (Lipinski definition) is 5. The van der Waals surface area contributed by atoms with Gasteiger partial charge >= 0.3 is 0 Å². The number of anilines is 1. The maximum Gasteiger partial charge on any atom is 0.298 e. The number of thioether (sulfide) groups is 1. The maximum absolute atomic E-state index is 13.5. The first kappa shape index (κ1) is 24.6. The van der Waals surface area contributed by atoms with Crippen LogP contribution in [0.5, 0.6) is 11.5 Å². The lowest BCUT2D eigenvalue weighted by Gasteiger charge is -2.15. The van der Waals surface area contributed by atoms with Gasteiger partial charge in [0.2, 0.25) is 0 Å². The van der Waals surface area contributed by atoms with E-state index in [-0.39, 0.29) is 17.3 Å². The van der Waals surface area contributed by atoms with Gasteiger partial charge in [-0.25, -0.2) is 9.29 Å². The van der Waals surface area contributed by atoms with E-state index in [1.807, 2.05) is 13.0 Å². The zero-order chi connectivity index (χ0) is 24.2. The van der Waals surface area contributed by atoms with E-state index in [0.717, 1.165) is 20.2 Å². The molecule has 0 radical (unpaired) electrons. The molecule has 5 nitrogen and oxygen atoms in total. The molecule has 0 atom stereocenters. The van der Waals surface area contributed by atoms with Gasteiger partial charge in [-0.2, -0.15) is 0 Å². The van der Waals surface area contributed by atoms with E-state index in [1.165, 1.54) is 12.1 Å². The summed E-state index contributed by atoms with van der Waals surface area (Å²) in [5, 5.41) is 0.0403. The lowest BCUT2D eigenvalue weighted by molar-refractivity contribution is -0.113. The Morgan fingerprint density at radius 3 is 2.62 bits per heavy atom. The fourth-order valence-corrected chi connectivity index (χ4v) is 5.12. The average Bonchev–Trinajstić information content (AvgIpc) is 3.06. The smallest absolute Gasteiger partial charge is 0.298 e. The van der Waals surface area contributed by atoms with Gasteiger partial charge < -0.3 is 9.47 Å². The lowest BCUT2D eigenvalue weighted by Crippen LogP contribution is -2.27. The molecule has 0 unspecified atom stereocenters. The highest BCUT2D eigenvalue weighted by Gasteiger charge is 2.36. The molecule has 2 amide bonds. The molecule has 0 N–H and O–H groups in total. The number of benzene rings is 3. The van der Waals surface area contributed by atoms with Crippen molar-refractivity contribution in [3.8, 4) is 11.5 Å². The van der Waals surface area contributed by atoms with Gasteiger partial charge in [-0.3, -0.25) is 9.59 Å². The minimum absolute atomic E-state index is 0.172. The Labute approximate surface area is 219 Å². The van der Waals surface area contributed by atoms with Crippen LogP contribution in [0.4, 0.5) is 14.9 Å². The highest BCUT2D eigenvalue weighted by atomic mass is 127. The van der Waals surface area contributed by atoms with Crippen molar-refractivity contribution in [3.05, 3.63) is 91.1 Å². The van der Waals surface area contributed by atoms with E-state index in [9.17, 15) is 14.0 Å². The van der Waals surface area contributed by atoms with Crippen LogP contribution in [0.15, 0.2) is 65.6 Å². The Morgan fingerprint density at radius 2 is 1.88 bits per heavy atom. The Kier molecular flexibility index (Phi) is 7.80. The first-order valence-electron chi connectivity index (χ1n) is 10.2. The van der Waals surface area contributed by atoms with Crippen LogP contribution in [0.3, 0.4) is 0 Å². The van der Waals surface area contributed by atoms with Crippen LogP contribution in [0.2, 0.25) is 5.02 Å². The average molecular weight is 610 g/mol. The van der Waals surface area contributed by atoms with Gasteiger partial charge in [-0.05, 0) is 101 Å². The largest absolute Gasteiger partial charge is 0.490 e. The third kappa shape index (κ3) is 5.56. The van der Waals surface area contributed by atoms with E-state index >= 15 is 0 Å². The van der Waals surface area contributed by atoms with Crippen LogP contribution in [0.1, 0.15) is 18.1 Å². The lowest BCUT2D eigenvalue weighted by atomic mass is 10.1. The molecule has 1 aliphatic heterocycles. The summed E-state index contributed by atoms with van der Waals surface area (Å²) in [5.74, 6) is 0.265. The highest BCUT2D eigenvalue weighted by molar-refractivity contribution is 14.1. The van der Waals surface area contributed by atoms with E-state index in [2.05, 4.69) is 22.6 Å². The van der Waals surface area contributed by atoms with Gasteiger partial charge in [0.1, 0.15) is 12.4 Å². The number of amides is 2. The molecule has 174 valence electrons. The number of halogens is 3. The van der Waals surface area contributed by atoms with Crippen molar-refractivity contribution >= 4 is 68.9 Å². The molecule has 1 heterocycles. The second kappa shape index (κ2) is 10.8. The third-order valence-electron chi connectivity index (χ3n) is 4.76. The zero-order valence-corrected chi connectivity index (χ0v) is 21.6. The molecule has 1 fully saturated rings. The summed E-state index contributed by atoms with van der Waals surface area (Å²) in [7, 11) is 0. The second-order valence-corrected chi connectivity index (χ2v) is 9.77. The van der Waals surface area contributed by atoms with Gasteiger partial charge in [0.15, 0.2) is 11.5 Å². The fraction of sp³-hybridized carbons (Fsp3) is 0.120. The molecule has 1 saturated heterocycles. The predicted molar refractivity (Wildman–Crippen MR) is 141 cm³/mol. The molecular formula is C25H18ClFINO4S. The van der Waals surface area contributed by atoms with Crippen molar-refractivity contribution in [1.82, 2.24) is 0 Å². The molecule has 4 rings (SSSR count). The topological polar surface area (TPSA) is 55.8 Å². The van der Waals surface area contributed by atoms with Crippen LogP contribution in [0.25, 0.3) is 6.08 Å². The first-order chi connectivity index (χ1) is 16.4. The highest BCUT2D eigenvalue weighted by Crippen LogP contribution is 2.39. The summed E-state index contributed by atoms with van der Waals surface area (Å²) < 4.78 is 25.9. The summed E-state index contributed by atoms with van der Waals surface area (Å²) in [6.45, 7) is 2.43. The third-order valence-corrected chi connectivity index (χ3v) is 6.67. The molecule has 0 spiro atoms. The molecule has 34 heavy (non-hydrogen) atoms. The van der Waals surface area contributed by atoms with E-state index in [0.29, 0.717) is 39.9 Å². The number of hydrogen-bond donors (Lipinski definition) is 0. The van der Waals surface area contributed by atoms with Crippen LogP contribution in [-0.2, 0) is 11.4 Å². The van der Waals surface area contributed by atoms with Crippen molar-refractivity contribution in [2.45, 2.75) is 13.5 Å². The predicted octanol–water partition coefficient (Wildman–Crippen LogP) is 7.30. The number of carbonyl (C=O) groups excluding carboxylic acids is 2. The Morgan fingerprint density at radius 1 is 1.09 bits per heavy atom. The quantitative estimate of drug-likeness (QED) is 0.208. The van der Waals surface area contributed by atoms with E-state index in [4.69, 9.17) is 21.1 Å². The molecule has 0 aromatic heterocycles. The van der Waals surface area contributed by atoms with Crippen LogP contribution in [-0.4, -0.2) is 17.8 Å². The molecule has 0 aliphatic carbocycles. The van der Waals surface area contributed by atoms with Crippen molar-refractivity contribution in [3.63, 3.8) is 0 Å². The van der Waals surface area contributed by atoms with E-state index in [1.54, 1.807) is 48.5 Å². The zero-order valence-electron chi connectivity index (χ0n) is 17.9. The van der Waals surface area contributed by atoms with Crippen molar-refractivity contribution in [2.24, 2.45) is 0 Å². The summed E-state index contributed by atoms with van der Waals surface area (Å²) in [4.78, 5) is 26.9. The van der Waals surface area contributed by atoms with E-state index < -0.39 is 11.1 Å². The fourth-order valence-electron chi connectivity index (χ4n) is 3.31. The number of nitrogens with zero attached hydrogens (tertiary/aromatic N) is 1. The van der Waals surface area contributed by atoms with Crippen LogP contribution < -0.4 is 14.4 Å². The monoisotopic (exact) mass is 609 g/mol. The Hall–Kier alpha value is -2.56. The SMILES string of the molecule is CCOc1cc(/C=C2/SC(=O)N(c3cccc(Cl)c3)C2=O)cc(I)c1OCc1cccc(F)c1. The van der Waals surface area contributed by atoms with Gasteiger partial charge in [0.05, 0.1) is 20.8 Å². The van der Waals surface area contributed by atoms with Gasteiger partial charge in [-0.15, -0.1) is 0 Å². The summed E-state index contributed by atoms with van der Waals surface area (Å²) in [6, 6.07) is 16.4. The molecular weight excluding hydrogens is 592 g/mol. The minimum Gasteiger partial charge on any atom is -0.490 e. The van der Waals surface area contributed by atoms with Crippen molar-refractivity contribution < 1.29 is 23.5 Å². The normalized spacial score (nSPS) is 14.7. The van der Waals surface area contributed by atoms with Gasteiger partial charge in [0, 0.05) is 5.02 Å². The molecule has 9 heteroatoms. The summed E-state index contributed by atoms with van der Waals surface area (Å²) in [5.41, 5.74) is 1.80. The van der Waals surface area contributed by atoms with Crippen LogP contribution >= 0.6 is 46.0 Å². The van der Waals surface area contributed by atoms with Gasteiger partial charge in [0.25, 0.3) is 11.1 Å². The molecule has 0 bridgehead atoms. The number of carbonyl (C=O) groups is 2. The minimum atomic E-state index is -0.420. The Balaban J connectivity index is 1.60. The molecule has 0 saturated carbocycles. The van der Waals surface area contributed by atoms with Crippen molar-refractivity contribution in [1.29, 1.82) is 0 Å². The number of imide groups is 1. The molecule has 1 aliphatic rings. The number of ether oxygens (including phenoxy) is 2. The standard InChI is InChI=1S/C25H18ClFINO4S/c1-2-32-21-11-16(10-20(28)23(21)33-14-15-5-3-7-18(27)9-15)12-22-24(30)29(25(31)34-22)19-8-4-6-17(26)13-19/h3-13H,2,14H2,1H3/b22-12+. The van der Waals surface area contributed by atoms with Crippen molar-refractivity contribution in [2.75, 3.05) is 11.5 Å². The molecule has 3 aromatic carbocycles. The summed E-state index contributed by atoms with van der Waals surface area (Å²) >= 11 is 9.00. The Bertz CT molecular complexity index is 1300. The number of rotatable bonds is 7. The molecule has 3 aromatic rings. The second-order valence-electron chi connectivity index (χ2n) is 7.18. The van der Waals surface area contributed by atoms with Gasteiger partial charge in [-0.1, -0.05) is 29.8 Å². The maximum atomic E-state index is 13.5. The first-order valence-corrected chi connectivity index (χ1v) is 12.5. The van der Waals surface area contributed by atoms with Crippen LogP contribution in [0, 0.1) is 9.39 Å². The summed E-state index contributed by atoms with van der Waals surface area (Å²) in [6.07, 6.45) is 1.65.